The second kappa shape index (κ2) is 8.09. The summed E-state index contributed by atoms with van der Waals surface area (Å²) in [5.41, 5.74) is 0.732. The molecule has 2 aromatic rings. The van der Waals surface area contributed by atoms with Gasteiger partial charge in [0.15, 0.2) is 11.6 Å². The molecule has 6 nitrogen and oxygen atoms in total. The van der Waals surface area contributed by atoms with Crippen LogP contribution in [0.25, 0.3) is 0 Å². The molecule has 0 saturated heterocycles. The maximum absolute atomic E-state index is 13.4. The van der Waals surface area contributed by atoms with Crippen molar-refractivity contribution in [3.63, 3.8) is 0 Å². The quantitative estimate of drug-likeness (QED) is 0.784. The van der Waals surface area contributed by atoms with E-state index in [1.54, 1.807) is 31.2 Å². The zero-order chi connectivity index (χ0) is 18.4. The fourth-order valence-corrected chi connectivity index (χ4v) is 2.67. The SMILES string of the molecule is C[C@@H](NC(=O)CCOc1ccccc1F)c1ccc(S(N)(=O)=O)cc1. The summed E-state index contributed by atoms with van der Waals surface area (Å²) in [5.74, 6) is -0.646. The van der Waals surface area contributed by atoms with E-state index in [0.717, 1.165) is 5.56 Å². The van der Waals surface area contributed by atoms with Crippen LogP contribution in [-0.2, 0) is 14.8 Å². The van der Waals surface area contributed by atoms with E-state index in [1.807, 2.05) is 0 Å². The number of para-hydroxylation sites is 1. The topological polar surface area (TPSA) is 98.5 Å². The van der Waals surface area contributed by atoms with Gasteiger partial charge in [0.25, 0.3) is 0 Å². The Morgan fingerprint density at radius 1 is 1.20 bits per heavy atom. The molecule has 2 aromatic carbocycles. The number of rotatable bonds is 7. The maximum atomic E-state index is 13.4. The highest BCUT2D eigenvalue weighted by molar-refractivity contribution is 7.89. The van der Waals surface area contributed by atoms with Crippen LogP contribution in [-0.4, -0.2) is 20.9 Å². The predicted octanol–water partition coefficient (Wildman–Crippen LogP) is 2.12. The largest absolute Gasteiger partial charge is 0.490 e. The van der Waals surface area contributed by atoms with Gasteiger partial charge in [-0.15, -0.1) is 0 Å². The number of hydrogen-bond acceptors (Lipinski definition) is 4. The summed E-state index contributed by atoms with van der Waals surface area (Å²) in [7, 11) is -3.74. The van der Waals surface area contributed by atoms with Gasteiger partial charge < -0.3 is 10.1 Å². The molecule has 0 radical (unpaired) electrons. The van der Waals surface area contributed by atoms with Crippen LogP contribution in [0.5, 0.6) is 5.75 Å². The van der Waals surface area contributed by atoms with Crippen molar-refractivity contribution < 1.29 is 22.3 Å². The van der Waals surface area contributed by atoms with Crippen LogP contribution in [0.2, 0.25) is 0 Å². The lowest BCUT2D eigenvalue weighted by molar-refractivity contribution is -0.122. The minimum Gasteiger partial charge on any atom is -0.490 e. The molecular formula is C17H19FN2O4S. The lowest BCUT2D eigenvalue weighted by Crippen LogP contribution is -2.28. The van der Waals surface area contributed by atoms with Gasteiger partial charge in [-0.1, -0.05) is 24.3 Å². The fraction of sp³-hybridized carbons (Fsp3) is 0.235. The second-order valence-electron chi connectivity index (χ2n) is 5.43. The number of carbonyl (C=O) groups is 1. The Kier molecular flexibility index (Phi) is 6.11. The van der Waals surface area contributed by atoms with E-state index in [1.165, 1.54) is 24.3 Å². The van der Waals surface area contributed by atoms with E-state index in [2.05, 4.69) is 5.32 Å². The van der Waals surface area contributed by atoms with Crippen molar-refractivity contribution in [1.82, 2.24) is 5.32 Å². The van der Waals surface area contributed by atoms with Gasteiger partial charge in [0.05, 0.1) is 24.0 Å². The number of nitrogens with one attached hydrogen (secondary N) is 1. The van der Waals surface area contributed by atoms with Crippen LogP contribution < -0.4 is 15.2 Å². The first-order chi connectivity index (χ1) is 11.8. The molecule has 0 fully saturated rings. The number of hydrogen-bond donors (Lipinski definition) is 2. The third kappa shape index (κ3) is 5.54. The molecule has 134 valence electrons. The molecule has 0 spiro atoms. The number of carbonyl (C=O) groups excluding carboxylic acids is 1. The summed E-state index contributed by atoms with van der Waals surface area (Å²) in [4.78, 5) is 11.9. The highest BCUT2D eigenvalue weighted by Gasteiger charge is 2.12. The number of benzene rings is 2. The van der Waals surface area contributed by atoms with Crippen molar-refractivity contribution in [3.8, 4) is 5.75 Å². The molecule has 25 heavy (non-hydrogen) atoms. The molecule has 0 aromatic heterocycles. The molecule has 1 amide bonds. The molecule has 0 aliphatic carbocycles. The molecule has 0 bridgehead atoms. The van der Waals surface area contributed by atoms with E-state index in [0.29, 0.717) is 0 Å². The molecule has 0 heterocycles. The first-order valence-corrected chi connectivity index (χ1v) is 9.11. The summed E-state index contributed by atoms with van der Waals surface area (Å²) in [6.07, 6.45) is 0.0634. The van der Waals surface area contributed by atoms with Gasteiger partial charge in [-0.25, -0.2) is 17.9 Å². The van der Waals surface area contributed by atoms with Crippen molar-refractivity contribution in [2.75, 3.05) is 6.61 Å². The Hall–Kier alpha value is -2.45. The Bertz CT molecular complexity index is 838. The summed E-state index contributed by atoms with van der Waals surface area (Å²) in [6, 6.07) is 11.6. The number of halogens is 1. The van der Waals surface area contributed by atoms with Gasteiger partial charge in [0, 0.05) is 0 Å². The van der Waals surface area contributed by atoms with Gasteiger partial charge in [-0.3, -0.25) is 4.79 Å². The van der Waals surface area contributed by atoms with Crippen molar-refractivity contribution in [2.24, 2.45) is 5.14 Å². The molecule has 0 saturated carbocycles. The van der Waals surface area contributed by atoms with Gasteiger partial charge >= 0.3 is 0 Å². The van der Waals surface area contributed by atoms with Gasteiger partial charge in [-0.05, 0) is 36.8 Å². The average Bonchev–Trinajstić information content (AvgIpc) is 2.56. The van der Waals surface area contributed by atoms with Crippen LogP contribution in [0.15, 0.2) is 53.4 Å². The summed E-state index contributed by atoms with van der Waals surface area (Å²) >= 11 is 0. The van der Waals surface area contributed by atoms with Crippen LogP contribution in [0, 0.1) is 5.82 Å². The van der Waals surface area contributed by atoms with Crippen LogP contribution in [0.4, 0.5) is 4.39 Å². The lowest BCUT2D eigenvalue weighted by atomic mass is 10.1. The Morgan fingerprint density at radius 2 is 1.84 bits per heavy atom. The molecule has 8 heteroatoms. The standard InChI is InChI=1S/C17H19FN2O4S/c1-12(13-6-8-14(9-7-13)25(19,22)23)20-17(21)10-11-24-16-5-3-2-4-15(16)18/h2-9,12H,10-11H2,1H3,(H,20,21)(H2,19,22,23)/t12-/m1/s1. The van der Waals surface area contributed by atoms with Crippen LogP contribution >= 0.6 is 0 Å². The average molecular weight is 366 g/mol. The number of nitrogens with two attached hydrogens (primary N) is 1. The summed E-state index contributed by atoms with van der Waals surface area (Å²) < 4.78 is 41.1. The third-order valence-electron chi connectivity index (χ3n) is 3.51. The zero-order valence-electron chi connectivity index (χ0n) is 13.6. The van der Waals surface area contributed by atoms with Crippen molar-refractivity contribution in [2.45, 2.75) is 24.3 Å². The van der Waals surface area contributed by atoms with Crippen LogP contribution in [0.3, 0.4) is 0 Å². The maximum Gasteiger partial charge on any atom is 0.238 e. The van der Waals surface area contributed by atoms with Crippen molar-refractivity contribution in [1.29, 1.82) is 0 Å². The minimum absolute atomic E-state index is 0.00747. The van der Waals surface area contributed by atoms with Gasteiger partial charge in [0.1, 0.15) is 0 Å². The normalized spacial score (nSPS) is 12.4. The first kappa shape index (κ1) is 18.9. The smallest absolute Gasteiger partial charge is 0.238 e. The van der Waals surface area contributed by atoms with Crippen molar-refractivity contribution >= 4 is 15.9 Å². The number of amides is 1. The number of primary sulfonamides is 1. The third-order valence-corrected chi connectivity index (χ3v) is 4.44. The fourth-order valence-electron chi connectivity index (χ4n) is 2.16. The summed E-state index contributed by atoms with van der Waals surface area (Å²) in [5, 5.41) is 7.80. The highest BCUT2D eigenvalue weighted by Crippen LogP contribution is 2.17. The number of sulfonamides is 1. The van der Waals surface area contributed by atoms with E-state index < -0.39 is 15.8 Å². The molecular weight excluding hydrogens is 347 g/mol. The molecule has 1 atom stereocenters. The lowest BCUT2D eigenvalue weighted by Gasteiger charge is -2.15. The Balaban J connectivity index is 1.84. The molecule has 3 N–H and O–H groups in total. The van der Waals surface area contributed by atoms with E-state index in [4.69, 9.17) is 9.88 Å². The zero-order valence-corrected chi connectivity index (χ0v) is 14.4. The predicted molar refractivity (Wildman–Crippen MR) is 90.9 cm³/mol. The van der Waals surface area contributed by atoms with E-state index >= 15 is 0 Å². The van der Waals surface area contributed by atoms with Gasteiger partial charge in [0.2, 0.25) is 15.9 Å². The second-order valence-corrected chi connectivity index (χ2v) is 6.99. The minimum atomic E-state index is -3.74. The molecule has 0 unspecified atom stereocenters. The Labute approximate surface area is 145 Å². The van der Waals surface area contributed by atoms with E-state index in [-0.39, 0.29) is 35.6 Å². The highest BCUT2D eigenvalue weighted by atomic mass is 32.2. The first-order valence-electron chi connectivity index (χ1n) is 7.57. The number of ether oxygens (including phenoxy) is 1. The molecule has 0 aliphatic heterocycles. The van der Waals surface area contributed by atoms with Gasteiger partial charge in [-0.2, -0.15) is 0 Å². The monoisotopic (exact) mass is 366 g/mol. The molecule has 0 aliphatic rings. The Morgan fingerprint density at radius 3 is 2.44 bits per heavy atom. The molecule has 2 rings (SSSR count). The van der Waals surface area contributed by atoms with E-state index in [9.17, 15) is 17.6 Å². The van der Waals surface area contributed by atoms with Crippen LogP contribution in [0.1, 0.15) is 24.9 Å². The summed E-state index contributed by atoms with van der Waals surface area (Å²) in [6.45, 7) is 1.81. The van der Waals surface area contributed by atoms with Crippen molar-refractivity contribution in [3.05, 3.63) is 59.9 Å².